The van der Waals surface area contributed by atoms with Crippen LogP contribution in [0.1, 0.15) is 20.9 Å². The average molecular weight is 491 g/mol. The minimum Gasteiger partial charge on any atom is -0.479 e. The van der Waals surface area contributed by atoms with E-state index in [9.17, 15) is 18.8 Å². The Balaban J connectivity index is 1.35. The molecule has 1 fully saturated rings. The molecule has 5 rings (SSSR count). The molecule has 3 aromatic carbocycles. The molecule has 176 valence electrons. The summed E-state index contributed by atoms with van der Waals surface area (Å²) < 4.78 is 19.4. The van der Waals surface area contributed by atoms with Crippen LogP contribution in [0.2, 0.25) is 0 Å². The van der Waals surface area contributed by atoms with Crippen molar-refractivity contribution in [2.75, 3.05) is 4.90 Å². The van der Waals surface area contributed by atoms with Crippen LogP contribution in [0.4, 0.5) is 10.1 Å². The third-order valence-electron chi connectivity index (χ3n) is 5.65. The number of benzene rings is 3. The van der Waals surface area contributed by atoms with Gasteiger partial charge in [0.15, 0.2) is 18.0 Å². The molecule has 35 heavy (non-hydrogen) atoms. The summed E-state index contributed by atoms with van der Waals surface area (Å²) in [6, 6.07) is 19.9. The van der Waals surface area contributed by atoms with Crippen LogP contribution in [0.3, 0.4) is 0 Å². The Morgan fingerprint density at radius 2 is 1.69 bits per heavy atom. The number of rotatable bonds is 8. The van der Waals surface area contributed by atoms with Gasteiger partial charge in [0.2, 0.25) is 0 Å². The number of fused-ring (bicyclic) bond motifs is 1. The van der Waals surface area contributed by atoms with E-state index in [2.05, 4.69) is 4.98 Å². The summed E-state index contributed by atoms with van der Waals surface area (Å²) in [5.41, 5.74) is 2.44. The highest BCUT2D eigenvalue weighted by atomic mass is 32.1. The molecule has 4 aromatic rings. The lowest BCUT2D eigenvalue weighted by atomic mass is 10.1. The lowest BCUT2D eigenvalue weighted by Gasteiger charge is -2.22. The molecule has 2 heterocycles. The molecule has 0 spiro atoms. The Hall–Kier alpha value is -3.95. The molecule has 1 aliphatic heterocycles. The molecule has 1 amide bonds. The number of aliphatic carboxylic acids is 1. The predicted octanol–water partition coefficient (Wildman–Crippen LogP) is 4.25. The van der Waals surface area contributed by atoms with Gasteiger partial charge in [0.1, 0.15) is 10.8 Å². The molecule has 1 N–H and O–H groups in total. The summed E-state index contributed by atoms with van der Waals surface area (Å²) in [5.74, 6) is -2.24. The number of halogens is 1. The predicted molar refractivity (Wildman–Crippen MR) is 128 cm³/mol. The first-order chi connectivity index (χ1) is 16.9. The molecule has 0 aliphatic carbocycles. The van der Waals surface area contributed by atoms with Crippen molar-refractivity contribution in [1.82, 2.24) is 4.98 Å². The fraction of sp³-hybridized carbons (Fsp3) is 0.154. The van der Waals surface area contributed by atoms with Gasteiger partial charge >= 0.3 is 5.97 Å². The number of nitrogens with zero attached hydrogens (tertiary/aromatic N) is 2. The van der Waals surface area contributed by atoms with Crippen molar-refractivity contribution in [3.05, 3.63) is 94.7 Å². The van der Waals surface area contributed by atoms with Gasteiger partial charge in [-0.1, -0.05) is 24.3 Å². The van der Waals surface area contributed by atoms with Crippen molar-refractivity contribution in [1.29, 1.82) is 0 Å². The number of hydrogen-bond acceptors (Lipinski definition) is 6. The molecular formula is C26H19FN2O5S. The van der Waals surface area contributed by atoms with Gasteiger partial charge in [-0.3, -0.25) is 9.59 Å². The zero-order chi connectivity index (χ0) is 24.5. The fourth-order valence-electron chi connectivity index (χ4n) is 3.77. The number of thiazole rings is 1. The van der Waals surface area contributed by atoms with E-state index in [0.29, 0.717) is 16.8 Å². The van der Waals surface area contributed by atoms with Crippen molar-refractivity contribution in [3.8, 4) is 0 Å². The van der Waals surface area contributed by atoms with Crippen molar-refractivity contribution < 1.29 is 28.6 Å². The summed E-state index contributed by atoms with van der Waals surface area (Å²) in [4.78, 5) is 42.9. The smallest absolute Gasteiger partial charge is 0.336 e. The van der Waals surface area contributed by atoms with Gasteiger partial charge in [-0.05, 0) is 54.1 Å². The summed E-state index contributed by atoms with van der Waals surface area (Å²) in [6.45, 7) is 0.0876. The van der Waals surface area contributed by atoms with Crippen LogP contribution in [-0.4, -0.2) is 40.0 Å². The SMILES string of the molecule is O=C(Cc1nc2ccccc2s1)c1ccc(N(Cc2ccc(F)cc2)C(=O)[C@H]2O[C@@H]2C(=O)O)cc1. The van der Waals surface area contributed by atoms with Gasteiger partial charge < -0.3 is 14.7 Å². The number of para-hydroxylation sites is 1. The second-order valence-corrected chi connectivity index (χ2v) is 9.20. The largest absolute Gasteiger partial charge is 0.479 e. The summed E-state index contributed by atoms with van der Waals surface area (Å²) in [5, 5.41) is 9.85. The van der Waals surface area contributed by atoms with Gasteiger partial charge in [0.25, 0.3) is 5.91 Å². The third-order valence-corrected chi connectivity index (χ3v) is 6.69. The maximum atomic E-state index is 13.3. The van der Waals surface area contributed by atoms with Crippen LogP contribution in [-0.2, 0) is 27.3 Å². The zero-order valence-corrected chi connectivity index (χ0v) is 19.1. The first kappa shape index (κ1) is 22.8. The lowest BCUT2D eigenvalue weighted by molar-refractivity contribution is -0.138. The first-order valence-electron chi connectivity index (χ1n) is 10.8. The number of ether oxygens (including phenoxy) is 1. The normalized spacial score (nSPS) is 16.7. The molecule has 1 saturated heterocycles. The van der Waals surface area contributed by atoms with E-state index in [0.717, 1.165) is 15.2 Å². The molecule has 7 nitrogen and oxygen atoms in total. The third kappa shape index (κ3) is 4.96. The van der Waals surface area contributed by atoms with Gasteiger partial charge in [0, 0.05) is 11.3 Å². The van der Waals surface area contributed by atoms with Crippen molar-refractivity contribution in [2.45, 2.75) is 25.2 Å². The number of amides is 1. The Morgan fingerprint density at radius 1 is 0.971 bits per heavy atom. The second-order valence-electron chi connectivity index (χ2n) is 8.09. The van der Waals surface area contributed by atoms with E-state index in [1.54, 1.807) is 36.4 Å². The number of aromatic nitrogens is 1. The van der Waals surface area contributed by atoms with Crippen molar-refractivity contribution >= 4 is 44.9 Å². The number of Topliss-reactive ketones (excluding diaryl/α,β-unsaturated/α-hetero) is 1. The van der Waals surface area contributed by atoms with E-state index < -0.39 is 29.9 Å². The van der Waals surface area contributed by atoms with Gasteiger partial charge in [0.05, 0.1) is 23.2 Å². The molecule has 1 aromatic heterocycles. The fourth-order valence-corrected chi connectivity index (χ4v) is 4.74. The maximum absolute atomic E-state index is 13.3. The summed E-state index contributed by atoms with van der Waals surface area (Å²) >= 11 is 1.47. The topological polar surface area (TPSA) is 100 Å². The number of carbonyl (C=O) groups excluding carboxylic acids is 2. The molecule has 9 heteroatoms. The van der Waals surface area contributed by atoms with Crippen LogP contribution in [0.5, 0.6) is 0 Å². The molecule has 0 radical (unpaired) electrons. The number of carboxylic acids is 1. The van der Waals surface area contributed by atoms with Crippen molar-refractivity contribution in [3.63, 3.8) is 0 Å². The van der Waals surface area contributed by atoms with Crippen LogP contribution < -0.4 is 4.90 Å². The van der Waals surface area contributed by atoms with Gasteiger partial charge in [-0.2, -0.15) is 0 Å². The Labute approximate surface area is 203 Å². The highest BCUT2D eigenvalue weighted by molar-refractivity contribution is 7.18. The van der Waals surface area contributed by atoms with Crippen LogP contribution >= 0.6 is 11.3 Å². The van der Waals surface area contributed by atoms with Crippen LogP contribution in [0.25, 0.3) is 10.2 Å². The van der Waals surface area contributed by atoms with E-state index in [1.807, 2.05) is 24.3 Å². The zero-order valence-electron chi connectivity index (χ0n) is 18.3. The number of epoxide rings is 1. The van der Waals surface area contributed by atoms with E-state index in [4.69, 9.17) is 9.84 Å². The number of anilines is 1. The van der Waals surface area contributed by atoms with E-state index in [-0.39, 0.29) is 18.7 Å². The Morgan fingerprint density at radius 3 is 2.34 bits per heavy atom. The average Bonchev–Trinajstić information content (AvgIpc) is 3.57. The maximum Gasteiger partial charge on any atom is 0.336 e. The number of carbonyl (C=O) groups is 3. The quantitative estimate of drug-likeness (QED) is 0.293. The number of hydrogen-bond donors (Lipinski definition) is 1. The van der Waals surface area contributed by atoms with Crippen molar-refractivity contribution in [2.24, 2.45) is 0 Å². The summed E-state index contributed by atoms with van der Waals surface area (Å²) in [6.07, 6.45) is -2.12. The lowest BCUT2D eigenvalue weighted by Crippen LogP contribution is -2.35. The standard InChI is InChI=1S/C26H19FN2O5S/c27-17-9-5-15(6-10-17)14-29(25(31)23-24(34-23)26(32)33)18-11-7-16(8-12-18)20(30)13-22-28-19-3-1-2-4-21(19)35-22/h1-12,23-24H,13-14H2,(H,32,33)/t23-,24-/m0/s1. The highest BCUT2D eigenvalue weighted by Gasteiger charge is 2.52. The second kappa shape index (κ2) is 9.36. The Bertz CT molecular complexity index is 1380. The molecule has 1 aliphatic rings. The Kier molecular flexibility index (Phi) is 6.10. The van der Waals surface area contributed by atoms with E-state index in [1.165, 1.54) is 28.4 Å². The molecule has 0 unspecified atom stereocenters. The van der Waals surface area contributed by atoms with E-state index >= 15 is 0 Å². The monoisotopic (exact) mass is 490 g/mol. The van der Waals surface area contributed by atoms with Gasteiger partial charge in [-0.25, -0.2) is 14.2 Å². The molecule has 0 saturated carbocycles. The van der Waals surface area contributed by atoms with Crippen LogP contribution in [0.15, 0.2) is 72.8 Å². The molecule has 0 bridgehead atoms. The molecular weight excluding hydrogens is 471 g/mol. The minimum absolute atomic E-state index is 0.0876. The summed E-state index contributed by atoms with van der Waals surface area (Å²) in [7, 11) is 0. The van der Waals surface area contributed by atoms with Crippen LogP contribution in [0, 0.1) is 5.82 Å². The van der Waals surface area contributed by atoms with Gasteiger partial charge in [-0.15, -0.1) is 11.3 Å². The first-order valence-corrected chi connectivity index (χ1v) is 11.6. The number of ketones is 1. The minimum atomic E-state index is -1.21. The highest BCUT2D eigenvalue weighted by Crippen LogP contribution is 2.29. The number of carboxylic acid groups (broad SMARTS) is 1. The molecule has 2 atom stereocenters.